The van der Waals surface area contributed by atoms with E-state index in [9.17, 15) is 4.79 Å². The first kappa shape index (κ1) is 22.8. The molecule has 0 aliphatic carbocycles. The van der Waals surface area contributed by atoms with E-state index in [-0.39, 0.29) is 11.9 Å². The van der Waals surface area contributed by atoms with Crippen molar-refractivity contribution in [3.63, 3.8) is 0 Å². The minimum Gasteiger partial charge on any atom is -0.497 e. The highest BCUT2D eigenvalue weighted by Crippen LogP contribution is 2.23. The minimum absolute atomic E-state index is 0.264. The fraction of sp³-hybridized carbons (Fsp3) is 0.200. The Bertz CT molecular complexity index is 1320. The standard InChI is InChI=1S/C25H26N6O3/c1-16-13-17(2)29-25(28-16)31-24(30-23(32)9-7-19-5-4-12-34-19)26-11-10-18-15-27-22-14-20(33-3)6-8-21(18)22/h4-9,12-15,27H,10-11H2,1-3H3,(H2,26,28,29,30,31,32). The number of nitrogens with one attached hydrogen (secondary N) is 3. The van der Waals surface area contributed by atoms with Crippen LogP contribution in [0.5, 0.6) is 5.75 Å². The van der Waals surface area contributed by atoms with Crippen molar-refractivity contribution < 1.29 is 13.9 Å². The summed E-state index contributed by atoms with van der Waals surface area (Å²) in [5, 5.41) is 6.90. The zero-order valence-corrected chi connectivity index (χ0v) is 19.3. The van der Waals surface area contributed by atoms with Crippen LogP contribution >= 0.6 is 0 Å². The van der Waals surface area contributed by atoms with Crippen molar-refractivity contribution in [3.05, 3.63) is 77.6 Å². The summed E-state index contributed by atoms with van der Waals surface area (Å²) < 4.78 is 10.5. The summed E-state index contributed by atoms with van der Waals surface area (Å²) in [5.74, 6) is 1.65. The minimum atomic E-state index is -0.355. The van der Waals surface area contributed by atoms with E-state index in [1.807, 2.05) is 44.3 Å². The SMILES string of the molecule is COc1ccc2c(CCN=C(NC(=O)C=Cc3ccco3)Nc3nc(C)cc(C)n3)c[nH]c2c1. The molecule has 4 rings (SSSR count). The zero-order chi connectivity index (χ0) is 23.9. The Balaban J connectivity index is 1.49. The van der Waals surface area contributed by atoms with Crippen molar-refractivity contribution in [2.75, 3.05) is 19.0 Å². The number of anilines is 1. The first-order valence-electron chi connectivity index (χ1n) is 10.8. The van der Waals surface area contributed by atoms with E-state index in [1.165, 1.54) is 6.08 Å². The Kier molecular flexibility index (Phi) is 7.02. The maximum absolute atomic E-state index is 12.5. The van der Waals surface area contributed by atoms with Crippen molar-refractivity contribution in [3.8, 4) is 5.75 Å². The summed E-state index contributed by atoms with van der Waals surface area (Å²) >= 11 is 0. The molecule has 0 unspecified atom stereocenters. The molecule has 4 aromatic rings. The molecule has 0 radical (unpaired) electrons. The van der Waals surface area contributed by atoms with Gasteiger partial charge < -0.3 is 14.1 Å². The van der Waals surface area contributed by atoms with Crippen LogP contribution in [-0.2, 0) is 11.2 Å². The average Bonchev–Trinajstić information content (AvgIpc) is 3.46. The first-order chi connectivity index (χ1) is 16.5. The van der Waals surface area contributed by atoms with Crippen LogP contribution in [0.25, 0.3) is 17.0 Å². The Hall–Kier alpha value is -4.40. The lowest BCUT2D eigenvalue weighted by molar-refractivity contribution is -0.115. The second-order valence-electron chi connectivity index (χ2n) is 7.64. The van der Waals surface area contributed by atoms with Crippen LogP contribution in [-0.4, -0.2) is 40.5 Å². The Morgan fingerprint density at radius 3 is 2.76 bits per heavy atom. The van der Waals surface area contributed by atoms with Gasteiger partial charge in [-0.15, -0.1) is 0 Å². The summed E-state index contributed by atoms with van der Waals surface area (Å²) in [6.45, 7) is 4.20. The molecule has 0 fully saturated rings. The number of aryl methyl sites for hydroxylation is 2. The van der Waals surface area contributed by atoms with Crippen LogP contribution in [0.1, 0.15) is 22.7 Å². The molecule has 174 valence electrons. The van der Waals surface area contributed by atoms with Gasteiger partial charge in [-0.1, -0.05) is 0 Å². The molecule has 34 heavy (non-hydrogen) atoms. The molecule has 3 aromatic heterocycles. The van der Waals surface area contributed by atoms with E-state index in [2.05, 4.69) is 30.6 Å². The van der Waals surface area contributed by atoms with Gasteiger partial charge in [-0.05, 0) is 62.2 Å². The maximum Gasteiger partial charge on any atom is 0.250 e. The third-order valence-electron chi connectivity index (χ3n) is 5.02. The molecule has 0 aliphatic heterocycles. The highest BCUT2D eigenvalue weighted by atomic mass is 16.5. The van der Waals surface area contributed by atoms with Gasteiger partial charge in [-0.2, -0.15) is 0 Å². The number of carbonyl (C=O) groups excluding carboxylic acids is 1. The lowest BCUT2D eigenvalue weighted by Crippen LogP contribution is -2.35. The second kappa shape index (κ2) is 10.5. The number of hydrogen-bond acceptors (Lipinski definition) is 6. The largest absolute Gasteiger partial charge is 0.497 e. The van der Waals surface area contributed by atoms with Gasteiger partial charge in [-0.25, -0.2) is 9.97 Å². The number of benzene rings is 1. The summed E-state index contributed by atoms with van der Waals surface area (Å²) in [7, 11) is 1.64. The lowest BCUT2D eigenvalue weighted by Gasteiger charge is -2.10. The quantitative estimate of drug-likeness (QED) is 0.219. The second-order valence-corrected chi connectivity index (χ2v) is 7.64. The Morgan fingerprint density at radius 1 is 1.21 bits per heavy atom. The van der Waals surface area contributed by atoms with Crippen LogP contribution in [0.4, 0.5) is 5.95 Å². The summed E-state index contributed by atoms with van der Waals surface area (Å²) in [4.78, 5) is 29.1. The number of aromatic nitrogens is 3. The van der Waals surface area contributed by atoms with Crippen molar-refractivity contribution >= 4 is 34.8 Å². The normalized spacial score (nSPS) is 11.8. The average molecular weight is 459 g/mol. The molecule has 0 saturated carbocycles. The summed E-state index contributed by atoms with van der Waals surface area (Å²) in [6, 6.07) is 11.3. The Labute approximate surface area is 197 Å². The molecule has 0 spiro atoms. The van der Waals surface area contributed by atoms with E-state index in [1.54, 1.807) is 31.6 Å². The molecule has 1 aromatic carbocycles. The van der Waals surface area contributed by atoms with Crippen molar-refractivity contribution in [2.45, 2.75) is 20.3 Å². The topological polar surface area (TPSA) is 117 Å². The molecule has 1 amide bonds. The van der Waals surface area contributed by atoms with Crippen LogP contribution < -0.4 is 15.4 Å². The van der Waals surface area contributed by atoms with Gasteiger partial charge in [0.25, 0.3) is 5.91 Å². The zero-order valence-electron chi connectivity index (χ0n) is 19.3. The molecule has 3 heterocycles. The third kappa shape index (κ3) is 5.89. The molecule has 9 heteroatoms. The number of aliphatic imine (C=N–C) groups is 1. The molecular formula is C25H26N6O3. The van der Waals surface area contributed by atoms with E-state index >= 15 is 0 Å². The number of nitrogens with zero attached hydrogens (tertiary/aromatic N) is 3. The molecule has 0 aliphatic rings. The van der Waals surface area contributed by atoms with Crippen LogP contribution in [0.3, 0.4) is 0 Å². The van der Waals surface area contributed by atoms with E-state index in [0.29, 0.717) is 24.7 Å². The fourth-order valence-electron chi connectivity index (χ4n) is 3.49. The number of H-pyrrole nitrogens is 1. The number of furan rings is 1. The van der Waals surface area contributed by atoms with Crippen molar-refractivity contribution in [2.24, 2.45) is 4.99 Å². The van der Waals surface area contributed by atoms with Crippen molar-refractivity contribution in [1.29, 1.82) is 0 Å². The highest BCUT2D eigenvalue weighted by Gasteiger charge is 2.09. The van der Waals surface area contributed by atoms with Gasteiger partial charge >= 0.3 is 0 Å². The molecule has 0 bridgehead atoms. The molecule has 0 atom stereocenters. The Morgan fingerprint density at radius 2 is 2.03 bits per heavy atom. The van der Waals surface area contributed by atoms with Crippen LogP contribution in [0.15, 0.2) is 64.3 Å². The molecule has 0 saturated heterocycles. The van der Waals surface area contributed by atoms with Gasteiger partial charge in [0.05, 0.1) is 13.4 Å². The predicted molar refractivity (Wildman–Crippen MR) is 132 cm³/mol. The van der Waals surface area contributed by atoms with E-state index < -0.39 is 0 Å². The third-order valence-corrected chi connectivity index (χ3v) is 5.02. The van der Waals surface area contributed by atoms with E-state index in [0.717, 1.165) is 33.6 Å². The van der Waals surface area contributed by atoms with E-state index in [4.69, 9.17) is 9.15 Å². The predicted octanol–water partition coefficient (Wildman–Crippen LogP) is 4.02. The van der Waals surface area contributed by atoms with Gasteiger partial charge in [0.1, 0.15) is 11.5 Å². The van der Waals surface area contributed by atoms with Crippen LogP contribution in [0, 0.1) is 13.8 Å². The van der Waals surface area contributed by atoms with Gasteiger partial charge in [0.2, 0.25) is 11.9 Å². The highest BCUT2D eigenvalue weighted by molar-refractivity contribution is 6.08. The molecule has 9 nitrogen and oxygen atoms in total. The van der Waals surface area contributed by atoms with Gasteiger partial charge in [0.15, 0.2) is 0 Å². The molecule has 3 N–H and O–H groups in total. The number of rotatable bonds is 7. The van der Waals surface area contributed by atoms with Gasteiger partial charge in [0, 0.05) is 47.2 Å². The fourth-order valence-corrected chi connectivity index (χ4v) is 3.49. The number of fused-ring (bicyclic) bond motifs is 1. The number of carbonyl (C=O) groups is 1. The summed E-state index contributed by atoms with van der Waals surface area (Å²) in [6.07, 6.45) is 7.14. The van der Waals surface area contributed by atoms with Crippen LogP contribution in [0.2, 0.25) is 0 Å². The number of hydrogen-bond donors (Lipinski definition) is 3. The van der Waals surface area contributed by atoms with Gasteiger partial charge in [-0.3, -0.25) is 20.4 Å². The number of ether oxygens (including phenoxy) is 1. The first-order valence-corrected chi connectivity index (χ1v) is 10.8. The number of methoxy groups -OCH3 is 1. The maximum atomic E-state index is 12.5. The lowest BCUT2D eigenvalue weighted by atomic mass is 10.1. The summed E-state index contributed by atoms with van der Waals surface area (Å²) in [5.41, 5.74) is 3.74. The number of aromatic amines is 1. The smallest absolute Gasteiger partial charge is 0.250 e. The molecular weight excluding hydrogens is 432 g/mol. The number of amides is 1. The number of guanidine groups is 1. The van der Waals surface area contributed by atoms with Crippen molar-refractivity contribution in [1.82, 2.24) is 20.3 Å². The monoisotopic (exact) mass is 458 g/mol.